The van der Waals surface area contributed by atoms with Crippen LogP contribution in [0.1, 0.15) is 52.4 Å². The summed E-state index contributed by atoms with van der Waals surface area (Å²) in [6.07, 6.45) is 6.90. The van der Waals surface area contributed by atoms with Crippen molar-refractivity contribution in [2.75, 3.05) is 28.4 Å². The van der Waals surface area contributed by atoms with E-state index in [0.29, 0.717) is 0 Å². The van der Waals surface area contributed by atoms with Crippen LogP contribution in [0.25, 0.3) is 0 Å². The molecule has 110 valence electrons. The van der Waals surface area contributed by atoms with Gasteiger partial charge < -0.3 is 18.9 Å². The number of ether oxygens (including phenoxy) is 4. The molecule has 0 amide bonds. The van der Waals surface area contributed by atoms with E-state index < -0.39 is 11.6 Å². The Hall–Kier alpha value is -0.160. The average Bonchev–Trinajstić information content (AvgIpc) is 2.41. The highest BCUT2D eigenvalue weighted by atomic mass is 16.9. The van der Waals surface area contributed by atoms with Gasteiger partial charge in [0, 0.05) is 28.4 Å². The van der Waals surface area contributed by atoms with Gasteiger partial charge in [-0.25, -0.2) is 0 Å². The van der Waals surface area contributed by atoms with Gasteiger partial charge in [-0.3, -0.25) is 0 Å². The van der Waals surface area contributed by atoms with Gasteiger partial charge in [0.25, 0.3) is 0 Å². The summed E-state index contributed by atoms with van der Waals surface area (Å²) in [5, 5.41) is 0. The van der Waals surface area contributed by atoms with Crippen molar-refractivity contribution in [2.24, 2.45) is 0 Å². The van der Waals surface area contributed by atoms with E-state index in [2.05, 4.69) is 6.92 Å². The van der Waals surface area contributed by atoms with E-state index in [1.54, 1.807) is 28.4 Å². The monoisotopic (exact) mass is 262 g/mol. The summed E-state index contributed by atoms with van der Waals surface area (Å²) in [6, 6.07) is 0. The topological polar surface area (TPSA) is 36.9 Å². The zero-order chi connectivity index (χ0) is 14.1. The molecular formula is C14H30O4. The van der Waals surface area contributed by atoms with Crippen LogP contribution in [0.3, 0.4) is 0 Å². The van der Waals surface area contributed by atoms with Gasteiger partial charge in [0.15, 0.2) is 0 Å². The molecule has 0 rings (SSSR count). The normalized spacial score (nSPS) is 15.7. The van der Waals surface area contributed by atoms with Crippen LogP contribution in [0.2, 0.25) is 0 Å². The van der Waals surface area contributed by atoms with Crippen molar-refractivity contribution in [2.45, 2.75) is 63.9 Å². The van der Waals surface area contributed by atoms with E-state index in [9.17, 15) is 0 Å². The molecule has 4 heteroatoms. The molecule has 0 aromatic heterocycles. The van der Waals surface area contributed by atoms with Crippen LogP contribution in [-0.4, -0.2) is 40.0 Å². The highest BCUT2D eigenvalue weighted by molar-refractivity contribution is 4.86. The molecule has 0 aliphatic carbocycles. The first-order valence-electron chi connectivity index (χ1n) is 6.76. The molecule has 0 spiro atoms. The Morgan fingerprint density at radius 1 is 0.722 bits per heavy atom. The third kappa shape index (κ3) is 4.19. The molecule has 0 bridgehead atoms. The molecule has 0 aromatic carbocycles. The third-order valence-electron chi connectivity index (χ3n) is 3.66. The van der Waals surface area contributed by atoms with E-state index in [1.807, 2.05) is 6.92 Å². The Morgan fingerprint density at radius 2 is 1.22 bits per heavy atom. The molecule has 4 nitrogen and oxygen atoms in total. The average molecular weight is 262 g/mol. The van der Waals surface area contributed by atoms with Crippen molar-refractivity contribution < 1.29 is 18.9 Å². The minimum atomic E-state index is -1.15. The highest BCUT2D eigenvalue weighted by Crippen LogP contribution is 2.35. The maximum Gasteiger partial charge on any atom is 0.312 e. The quantitative estimate of drug-likeness (QED) is 0.423. The molecule has 0 heterocycles. The molecule has 0 aromatic rings. The molecule has 1 unspecified atom stereocenters. The van der Waals surface area contributed by atoms with Gasteiger partial charge >= 0.3 is 5.97 Å². The Balaban J connectivity index is 4.47. The molecule has 1 atom stereocenters. The van der Waals surface area contributed by atoms with Gasteiger partial charge in [-0.2, -0.15) is 0 Å². The summed E-state index contributed by atoms with van der Waals surface area (Å²) in [7, 11) is 6.38. The lowest BCUT2D eigenvalue weighted by Crippen LogP contribution is -2.57. The molecule has 0 saturated carbocycles. The van der Waals surface area contributed by atoms with Crippen LogP contribution in [0.5, 0.6) is 0 Å². The van der Waals surface area contributed by atoms with Crippen LogP contribution in [0.15, 0.2) is 0 Å². The standard InChI is InChI=1S/C14H30O4/c1-7-8-9-10-11-12-13(2,15-3)14(16-4,17-5)18-6/h7-12H2,1-6H3. The second-order valence-corrected chi connectivity index (χ2v) is 4.77. The largest absolute Gasteiger partial charge is 0.370 e. The van der Waals surface area contributed by atoms with Gasteiger partial charge in [0.2, 0.25) is 0 Å². The smallest absolute Gasteiger partial charge is 0.312 e. The van der Waals surface area contributed by atoms with Gasteiger partial charge in [0.05, 0.1) is 0 Å². The first-order chi connectivity index (χ1) is 8.55. The maximum atomic E-state index is 5.61. The fraction of sp³-hybridized carbons (Fsp3) is 1.00. The maximum absolute atomic E-state index is 5.61. The molecule has 0 aliphatic heterocycles. The summed E-state index contributed by atoms with van der Waals surface area (Å²) in [5.74, 6) is -1.15. The molecule has 18 heavy (non-hydrogen) atoms. The van der Waals surface area contributed by atoms with Gasteiger partial charge in [-0.05, 0) is 13.3 Å². The lowest BCUT2D eigenvalue weighted by molar-refractivity contribution is -0.420. The number of rotatable bonds is 11. The second kappa shape index (κ2) is 8.86. The van der Waals surface area contributed by atoms with E-state index in [4.69, 9.17) is 18.9 Å². The fourth-order valence-corrected chi connectivity index (χ4v) is 2.34. The Bertz CT molecular complexity index is 196. The highest BCUT2D eigenvalue weighted by Gasteiger charge is 2.50. The van der Waals surface area contributed by atoms with Crippen molar-refractivity contribution in [3.05, 3.63) is 0 Å². The van der Waals surface area contributed by atoms with E-state index >= 15 is 0 Å². The van der Waals surface area contributed by atoms with Crippen molar-refractivity contribution in [3.63, 3.8) is 0 Å². The number of unbranched alkanes of at least 4 members (excludes halogenated alkanes) is 4. The van der Waals surface area contributed by atoms with Crippen LogP contribution >= 0.6 is 0 Å². The number of hydrogen-bond donors (Lipinski definition) is 0. The molecular weight excluding hydrogens is 232 g/mol. The molecule has 0 radical (unpaired) electrons. The van der Waals surface area contributed by atoms with E-state index in [-0.39, 0.29) is 0 Å². The summed E-state index contributed by atoms with van der Waals surface area (Å²) in [5.41, 5.74) is -0.614. The Morgan fingerprint density at radius 3 is 1.61 bits per heavy atom. The van der Waals surface area contributed by atoms with Crippen molar-refractivity contribution in [3.8, 4) is 0 Å². The van der Waals surface area contributed by atoms with Crippen LogP contribution in [-0.2, 0) is 18.9 Å². The Labute approximate surface area is 112 Å². The first kappa shape index (κ1) is 17.8. The predicted octanol–water partition coefficient (Wildman–Crippen LogP) is 3.35. The summed E-state index contributed by atoms with van der Waals surface area (Å²) in [6.45, 7) is 4.17. The first-order valence-corrected chi connectivity index (χ1v) is 6.76. The minimum absolute atomic E-state index is 0.614. The molecule has 0 N–H and O–H groups in total. The zero-order valence-electron chi connectivity index (χ0n) is 12.9. The fourth-order valence-electron chi connectivity index (χ4n) is 2.34. The van der Waals surface area contributed by atoms with Gasteiger partial charge in [-0.15, -0.1) is 0 Å². The van der Waals surface area contributed by atoms with Crippen LogP contribution < -0.4 is 0 Å². The molecule has 0 saturated heterocycles. The van der Waals surface area contributed by atoms with Crippen molar-refractivity contribution in [1.82, 2.24) is 0 Å². The SMILES string of the molecule is CCCCCCCC(C)(OC)C(OC)(OC)OC. The van der Waals surface area contributed by atoms with E-state index in [0.717, 1.165) is 12.8 Å². The minimum Gasteiger partial charge on any atom is -0.370 e. The lowest BCUT2D eigenvalue weighted by Gasteiger charge is -2.43. The van der Waals surface area contributed by atoms with Gasteiger partial charge in [0.1, 0.15) is 5.60 Å². The Kier molecular flexibility index (Phi) is 8.78. The summed E-state index contributed by atoms with van der Waals surface area (Å²) in [4.78, 5) is 0. The third-order valence-corrected chi connectivity index (χ3v) is 3.66. The van der Waals surface area contributed by atoms with Crippen LogP contribution in [0, 0.1) is 0 Å². The predicted molar refractivity (Wildman–Crippen MR) is 72.5 cm³/mol. The number of methoxy groups -OCH3 is 4. The van der Waals surface area contributed by atoms with Crippen molar-refractivity contribution >= 4 is 0 Å². The lowest BCUT2D eigenvalue weighted by atomic mass is 9.94. The van der Waals surface area contributed by atoms with E-state index in [1.165, 1.54) is 25.7 Å². The van der Waals surface area contributed by atoms with Crippen molar-refractivity contribution in [1.29, 1.82) is 0 Å². The summed E-state index contributed by atoms with van der Waals surface area (Å²) >= 11 is 0. The molecule has 0 fully saturated rings. The van der Waals surface area contributed by atoms with Gasteiger partial charge in [-0.1, -0.05) is 39.0 Å². The molecule has 0 aliphatic rings. The zero-order valence-corrected chi connectivity index (χ0v) is 12.9. The second-order valence-electron chi connectivity index (χ2n) is 4.77. The summed E-state index contributed by atoms with van der Waals surface area (Å²) < 4.78 is 21.8. The van der Waals surface area contributed by atoms with Crippen LogP contribution in [0.4, 0.5) is 0 Å². The number of hydrogen-bond acceptors (Lipinski definition) is 4.